The van der Waals surface area contributed by atoms with Gasteiger partial charge in [0.2, 0.25) is 0 Å². The number of amides is 1. The molecule has 1 N–H and O–H groups in total. The van der Waals surface area contributed by atoms with E-state index >= 15 is 0 Å². The number of hydrogen-bond acceptors (Lipinski definition) is 5. The SMILES string of the molecule is CC(=NOCC(=O)NCC1CCCO1)c1cccs1. The van der Waals surface area contributed by atoms with Crippen LogP contribution in [0, 0.1) is 0 Å². The van der Waals surface area contributed by atoms with Crippen LogP contribution >= 0.6 is 11.3 Å². The van der Waals surface area contributed by atoms with Crippen LogP contribution in [0.3, 0.4) is 0 Å². The van der Waals surface area contributed by atoms with Crippen molar-refractivity contribution in [3.8, 4) is 0 Å². The van der Waals surface area contributed by atoms with Crippen molar-refractivity contribution in [1.82, 2.24) is 5.32 Å². The van der Waals surface area contributed by atoms with Gasteiger partial charge in [0.1, 0.15) is 0 Å². The molecule has 6 heteroatoms. The minimum atomic E-state index is -0.168. The molecule has 0 bridgehead atoms. The van der Waals surface area contributed by atoms with Crippen molar-refractivity contribution in [3.05, 3.63) is 22.4 Å². The summed E-state index contributed by atoms with van der Waals surface area (Å²) in [7, 11) is 0. The van der Waals surface area contributed by atoms with E-state index in [2.05, 4.69) is 10.5 Å². The summed E-state index contributed by atoms with van der Waals surface area (Å²) in [5.41, 5.74) is 0.780. The van der Waals surface area contributed by atoms with Gasteiger partial charge in [0, 0.05) is 13.2 Å². The van der Waals surface area contributed by atoms with E-state index in [0.717, 1.165) is 30.0 Å². The summed E-state index contributed by atoms with van der Waals surface area (Å²) < 4.78 is 5.41. The van der Waals surface area contributed by atoms with Crippen LogP contribution in [0.2, 0.25) is 0 Å². The van der Waals surface area contributed by atoms with Gasteiger partial charge >= 0.3 is 0 Å². The van der Waals surface area contributed by atoms with Gasteiger partial charge < -0.3 is 14.9 Å². The second-order valence-corrected chi connectivity index (χ2v) is 5.31. The Balaban J connectivity index is 1.64. The third kappa shape index (κ3) is 4.65. The second kappa shape index (κ2) is 7.25. The first-order chi connectivity index (χ1) is 9.25. The molecule has 1 aromatic rings. The first kappa shape index (κ1) is 14.0. The monoisotopic (exact) mass is 282 g/mol. The first-order valence-electron chi connectivity index (χ1n) is 6.34. The van der Waals surface area contributed by atoms with Crippen molar-refractivity contribution >= 4 is 23.0 Å². The van der Waals surface area contributed by atoms with Crippen molar-refractivity contribution in [1.29, 1.82) is 0 Å². The number of nitrogens with one attached hydrogen (secondary N) is 1. The van der Waals surface area contributed by atoms with Crippen molar-refractivity contribution in [2.24, 2.45) is 5.16 Å². The van der Waals surface area contributed by atoms with E-state index in [1.54, 1.807) is 11.3 Å². The second-order valence-electron chi connectivity index (χ2n) is 4.37. The summed E-state index contributed by atoms with van der Waals surface area (Å²) in [6.07, 6.45) is 2.23. The lowest BCUT2D eigenvalue weighted by atomic mass is 10.2. The summed E-state index contributed by atoms with van der Waals surface area (Å²) in [6.45, 7) is 3.14. The summed E-state index contributed by atoms with van der Waals surface area (Å²) in [6, 6.07) is 3.91. The molecule has 1 unspecified atom stereocenters. The van der Waals surface area contributed by atoms with Gasteiger partial charge in [-0.15, -0.1) is 11.3 Å². The smallest absolute Gasteiger partial charge is 0.260 e. The highest BCUT2D eigenvalue weighted by Gasteiger charge is 2.16. The van der Waals surface area contributed by atoms with Gasteiger partial charge in [-0.3, -0.25) is 4.79 Å². The lowest BCUT2D eigenvalue weighted by Gasteiger charge is -2.10. The molecule has 104 valence electrons. The average Bonchev–Trinajstić information content (AvgIpc) is 3.09. The Labute approximate surface area is 116 Å². The minimum absolute atomic E-state index is 0.0601. The molecule has 0 spiro atoms. The predicted octanol–water partition coefficient (Wildman–Crippen LogP) is 1.78. The fraction of sp³-hybridized carbons (Fsp3) is 0.538. The zero-order valence-electron chi connectivity index (χ0n) is 10.9. The molecule has 0 saturated carbocycles. The number of carbonyl (C=O) groups excluding carboxylic acids is 1. The van der Waals surface area contributed by atoms with E-state index < -0.39 is 0 Å². The Morgan fingerprint density at radius 2 is 2.58 bits per heavy atom. The van der Waals surface area contributed by atoms with Crippen LogP contribution < -0.4 is 5.32 Å². The number of thiophene rings is 1. The van der Waals surface area contributed by atoms with Gasteiger partial charge in [0.25, 0.3) is 5.91 Å². The van der Waals surface area contributed by atoms with Crippen LogP contribution in [-0.2, 0) is 14.4 Å². The quantitative estimate of drug-likeness (QED) is 0.639. The fourth-order valence-corrected chi connectivity index (χ4v) is 2.47. The minimum Gasteiger partial charge on any atom is -0.385 e. The Morgan fingerprint density at radius 3 is 3.26 bits per heavy atom. The number of oxime groups is 1. The number of nitrogens with zero attached hydrogens (tertiary/aromatic N) is 1. The van der Waals surface area contributed by atoms with Crippen LogP contribution in [0.15, 0.2) is 22.7 Å². The number of hydrogen-bond donors (Lipinski definition) is 1. The predicted molar refractivity (Wildman–Crippen MR) is 74.5 cm³/mol. The highest BCUT2D eigenvalue weighted by molar-refractivity contribution is 7.12. The summed E-state index contributed by atoms with van der Waals surface area (Å²) in [5.74, 6) is -0.168. The molecule has 1 amide bonds. The standard InChI is InChI=1S/C13H18N2O3S/c1-10(12-5-3-7-19-12)15-18-9-13(16)14-8-11-4-2-6-17-11/h3,5,7,11H,2,4,6,8-9H2,1H3,(H,14,16). The fourth-order valence-electron chi connectivity index (χ4n) is 1.80. The summed E-state index contributed by atoms with van der Waals surface area (Å²) in [4.78, 5) is 17.6. The third-order valence-corrected chi connectivity index (χ3v) is 3.80. The molecule has 2 heterocycles. The Hall–Kier alpha value is -1.40. The molecule has 1 aromatic heterocycles. The number of ether oxygens (including phenoxy) is 1. The van der Waals surface area contributed by atoms with Crippen LogP contribution in [0.5, 0.6) is 0 Å². The van der Waals surface area contributed by atoms with Crippen molar-refractivity contribution in [2.45, 2.75) is 25.9 Å². The highest BCUT2D eigenvalue weighted by Crippen LogP contribution is 2.11. The maximum Gasteiger partial charge on any atom is 0.260 e. The molecule has 0 aromatic carbocycles. The molecule has 0 aliphatic carbocycles. The van der Waals surface area contributed by atoms with Crippen LogP contribution in [0.1, 0.15) is 24.6 Å². The number of carbonyl (C=O) groups is 1. The molecule has 0 radical (unpaired) electrons. The third-order valence-electron chi connectivity index (χ3n) is 2.83. The van der Waals surface area contributed by atoms with Gasteiger partial charge in [0.05, 0.1) is 16.7 Å². The van der Waals surface area contributed by atoms with Crippen molar-refractivity contribution < 1.29 is 14.4 Å². The van der Waals surface area contributed by atoms with Crippen molar-refractivity contribution in [2.75, 3.05) is 19.8 Å². The molecule has 1 aliphatic heterocycles. The molecule has 5 nitrogen and oxygen atoms in total. The maximum atomic E-state index is 11.5. The molecular formula is C13H18N2O3S. The van der Waals surface area contributed by atoms with E-state index in [1.165, 1.54) is 0 Å². The molecule has 1 fully saturated rings. The molecule has 19 heavy (non-hydrogen) atoms. The largest absolute Gasteiger partial charge is 0.385 e. The van der Waals surface area contributed by atoms with Crippen LogP contribution in [0.25, 0.3) is 0 Å². The lowest BCUT2D eigenvalue weighted by molar-refractivity contribution is -0.126. The topological polar surface area (TPSA) is 59.9 Å². The Kier molecular flexibility index (Phi) is 5.35. The van der Waals surface area contributed by atoms with Gasteiger partial charge in [0.15, 0.2) is 6.61 Å². The van der Waals surface area contributed by atoms with Crippen molar-refractivity contribution in [3.63, 3.8) is 0 Å². The number of rotatable bonds is 6. The normalized spacial score (nSPS) is 19.4. The Morgan fingerprint density at radius 1 is 1.68 bits per heavy atom. The lowest BCUT2D eigenvalue weighted by Crippen LogP contribution is -2.33. The van der Waals surface area contributed by atoms with E-state index in [0.29, 0.717) is 6.54 Å². The maximum absolute atomic E-state index is 11.5. The van der Waals surface area contributed by atoms with E-state index in [-0.39, 0.29) is 18.6 Å². The van der Waals surface area contributed by atoms with Gasteiger partial charge in [-0.1, -0.05) is 11.2 Å². The first-order valence-corrected chi connectivity index (χ1v) is 7.22. The van der Waals surface area contributed by atoms with Gasteiger partial charge in [-0.05, 0) is 31.2 Å². The van der Waals surface area contributed by atoms with E-state index in [1.807, 2.05) is 24.4 Å². The Bertz CT molecular complexity index is 425. The summed E-state index contributed by atoms with van der Waals surface area (Å²) in [5, 5.41) is 8.67. The molecular weight excluding hydrogens is 264 g/mol. The van der Waals surface area contributed by atoms with Gasteiger partial charge in [-0.2, -0.15) is 0 Å². The zero-order valence-corrected chi connectivity index (χ0v) is 11.7. The van der Waals surface area contributed by atoms with E-state index in [4.69, 9.17) is 9.57 Å². The highest BCUT2D eigenvalue weighted by atomic mass is 32.1. The molecule has 1 atom stereocenters. The molecule has 1 saturated heterocycles. The molecule has 2 rings (SSSR count). The van der Waals surface area contributed by atoms with Crippen LogP contribution in [-0.4, -0.2) is 37.5 Å². The van der Waals surface area contributed by atoms with Gasteiger partial charge in [-0.25, -0.2) is 0 Å². The zero-order chi connectivity index (χ0) is 13.5. The van der Waals surface area contributed by atoms with E-state index in [9.17, 15) is 4.79 Å². The molecule has 1 aliphatic rings. The van der Waals surface area contributed by atoms with Crippen LogP contribution in [0.4, 0.5) is 0 Å². The average molecular weight is 282 g/mol. The summed E-state index contributed by atoms with van der Waals surface area (Å²) >= 11 is 1.59.